The van der Waals surface area contributed by atoms with Gasteiger partial charge in [-0.05, 0) is 46.9 Å². The topological polar surface area (TPSA) is 73.1 Å². The molecule has 6 heteroatoms. The van der Waals surface area contributed by atoms with Crippen LogP contribution in [0.4, 0.5) is 5.95 Å². The molecule has 2 aromatic rings. The number of halogens is 1. The van der Waals surface area contributed by atoms with Crippen molar-refractivity contribution in [3.8, 4) is 11.6 Å². The zero-order valence-corrected chi connectivity index (χ0v) is 10.4. The van der Waals surface area contributed by atoms with Crippen molar-refractivity contribution in [3.05, 3.63) is 40.1 Å². The third-order valence-electron chi connectivity index (χ3n) is 1.80. The number of benzene rings is 1. The van der Waals surface area contributed by atoms with Gasteiger partial charge in [0.1, 0.15) is 5.75 Å². The fraction of sp³-hybridized carbons (Fsp3) is 0. The predicted molar refractivity (Wildman–Crippen MR) is 69.1 cm³/mol. The van der Waals surface area contributed by atoms with Crippen LogP contribution in [0.15, 0.2) is 36.5 Å². The molecule has 0 amide bonds. The lowest BCUT2D eigenvalue weighted by molar-refractivity contribution is 0.462. The fourth-order valence-corrected chi connectivity index (χ4v) is 1.45. The minimum absolute atomic E-state index is 0.322. The minimum atomic E-state index is 0.322. The van der Waals surface area contributed by atoms with E-state index in [-0.39, 0.29) is 0 Å². The van der Waals surface area contributed by atoms with Crippen molar-refractivity contribution in [2.24, 2.45) is 5.84 Å². The summed E-state index contributed by atoms with van der Waals surface area (Å²) in [6.07, 6.45) is 1.57. The number of anilines is 1. The second-order valence-corrected chi connectivity index (χ2v) is 4.16. The van der Waals surface area contributed by atoms with Crippen molar-refractivity contribution >= 4 is 28.5 Å². The highest BCUT2D eigenvalue weighted by molar-refractivity contribution is 14.1. The number of hydrazine groups is 1. The molecule has 0 aliphatic heterocycles. The highest BCUT2D eigenvalue weighted by Crippen LogP contribution is 2.20. The van der Waals surface area contributed by atoms with Gasteiger partial charge in [-0.3, -0.25) is 5.43 Å². The van der Waals surface area contributed by atoms with Crippen molar-refractivity contribution < 1.29 is 4.74 Å². The molecule has 0 radical (unpaired) electrons. The Hall–Kier alpha value is -1.41. The molecule has 82 valence electrons. The SMILES string of the molecule is NNc1nccc(Oc2ccc(I)cc2)n1. The summed E-state index contributed by atoms with van der Waals surface area (Å²) < 4.78 is 6.68. The lowest BCUT2D eigenvalue weighted by Crippen LogP contribution is -2.10. The molecule has 0 saturated heterocycles. The van der Waals surface area contributed by atoms with Crippen LogP contribution < -0.4 is 16.0 Å². The summed E-state index contributed by atoms with van der Waals surface area (Å²) in [6, 6.07) is 9.33. The van der Waals surface area contributed by atoms with Crippen LogP contribution in [0.25, 0.3) is 0 Å². The molecule has 0 unspecified atom stereocenters. The molecule has 0 atom stereocenters. The maximum absolute atomic E-state index is 5.53. The lowest BCUT2D eigenvalue weighted by Gasteiger charge is -2.05. The summed E-state index contributed by atoms with van der Waals surface area (Å²) in [6.45, 7) is 0. The number of rotatable bonds is 3. The highest BCUT2D eigenvalue weighted by Gasteiger charge is 2.00. The summed E-state index contributed by atoms with van der Waals surface area (Å²) >= 11 is 2.23. The van der Waals surface area contributed by atoms with Gasteiger partial charge in [-0.1, -0.05) is 0 Å². The van der Waals surface area contributed by atoms with Crippen LogP contribution >= 0.6 is 22.6 Å². The fourth-order valence-electron chi connectivity index (χ4n) is 1.09. The van der Waals surface area contributed by atoms with Crippen molar-refractivity contribution in [2.75, 3.05) is 5.43 Å². The van der Waals surface area contributed by atoms with E-state index in [1.807, 2.05) is 24.3 Å². The Bertz CT molecular complexity index is 475. The molecule has 16 heavy (non-hydrogen) atoms. The summed E-state index contributed by atoms with van der Waals surface area (Å²) in [5.74, 6) is 6.70. The van der Waals surface area contributed by atoms with E-state index >= 15 is 0 Å². The first kappa shape index (κ1) is 11.1. The Morgan fingerprint density at radius 1 is 1.19 bits per heavy atom. The van der Waals surface area contributed by atoms with Gasteiger partial charge >= 0.3 is 0 Å². The van der Waals surface area contributed by atoms with E-state index in [1.165, 1.54) is 0 Å². The number of ether oxygens (including phenoxy) is 1. The molecular weight excluding hydrogens is 319 g/mol. The number of hydrogen-bond acceptors (Lipinski definition) is 5. The molecule has 1 aromatic heterocycles. The van der Waals surface area contributed by atoms with Gasteiger partial charge in [-0.25, -0.2) is 10.8 Å². The minimum Gasteiger partial charge on any atom is -0.439 e. The van der Waals surface area contributed by atoms with Gasteiger partial charge in [0.15, 0.2) is 0 Å². The Balaban J connectivity index is 2.16. The van der Waals surface area contributed by atoms with Crippen LogP contribution in [0.2, 0.25) is 0 Å². The third-order valence-corrected chi connectivity index (χ3v) is 2.51. The van der Waals surface area contributed by atoms with Crippen LogP contribution in [0.3, 0.4) is 0 Å². The number of aromatic nitrogens is 2. The molecular formula is C10H9IN4O. The van der Waals surface area contributed by atoms with Gasteiger partial charge in [-0.2, -0.15) is 4.98 Å². The first-order valence-electron chi connectivity index (χ1n) is 4.51. The van der Waals surface area contributed by atoms with Gasteiger partial charge in [0.2, 0.25) is 11.8 Å². The van der Waals surface area contributed by atoms with Gasteiger partial charge < -0.3 is 4.74 Å². The maximum Gasteiger partial charge on any atom is 0.240 e. The summed E-state index contributed by atoms with van der Waals surface area (Å²) in [5.41, 5.74) is 2.36. The van der Waals surface area contributed by atoms with Gasteiger partial charge in [-0.15, -0.1) is 0 Å². The Labute approximate surface area is 106 Å². The molecule has 0 aliphatic rings. The number of nitrogens with two attached hydrogens (primary N) is 1. The van der Waals surface area contributed by atoms with E-state index in [4.69, 9.17) is 10.6 Å². The monoisotopic (exact) mass is 328 g/mol. The molecule has 0 bridgehead atoms. The van der Waals surface area contributed by atoms with Gasteiger partial charge in [0.25, 0.3) is 0 Å². The maximum atomic E-state index is 5.53. The lowest BCUT2D eigenvalue weighted by atomic mass is 10.3. The van der Waals surface area contributed by atoms with Crippen LogP contribution in [-0.4, -0.2) is 9.97 Å². The van der Waals surface area contributed by atoms with Gasteiger partial charge in [0, 0.05) is 15.8 Å². The van der Waals surface area contributed by atoms with Crippen molar-refractivity contribution in [2.45, 2.75) is 0 Å². The summed E-state index contributed by atoms with van der Waals surface area (Å²) in [7, 11) is 0. The van der Waals surface area contributed by atoms with Crippen LogP contribution in [-0.2, 0) is 0 Å². The molecule has 0 fully saturated rings. The van der Waals surface area contributed by atoms with E-state index in [2.05, 4.69) is 38.0 Å². The van der Waals surface area contributed by atoms with Crippen LogP contribution in [0.5, 0.6) is 11.6 Å². The van der Waals surface area contributed by atoms with E-state index in [0.717, 1.165) is 9.32 Å². The molecule has 1 heterocycles. The van der Waals surface area contributed by atoms with E-state index in [9.17, 15) is 0 Å². The zero-order valence-electron chi connectivity index (χ0n) is 8.22. The van der Waals surface area contributed by atoms with Crippen LogP contribution in [0.1, 0.15) is 0 Å². The Kier molecular flexibility index (Phi) is 3.52. The van der Waals surface area contributed by atoms with Crippen LogP contribution in [0, 0.1) is 3.57 Å². The molecule has 5 nitrogen and oxygen atoms in total. The third kappa shape index (κ3) is 2.80. The Morgan fingerprint density at radius 3 is 2.62 bits per heavy atom. The first-order chi connectivity index (χ1) is 7.78. The van der Waals surface area contributed by atoms with Crippen molar-refractivity contribution in [1.82, 2.24) is 9.97 Å². The van der Waals surface area contributed by atoms with E-state index in [1.54, 1.807) is 12.3 Å². The standard InChI is InChI=1S/C10H9IN4O/c11-7-1-3-8(4-2-7)16-9-5-6-13-10(14-9)15-12/h1-6H,12H2,(H,13,14,15). The largest absolute Gasteiger partial charge is 0.439 e. The average Bonchev–Trinajstić information content (AvgIpc) is 2.32. The number of nitrogens with one attached hydrogen (secondary N) is 1. The summed E-state index contributed by atoms with van der Waals surface area (Å²) in [5, 5.41) is 0. The smallest absolute Gasteiger partial charge is 0.240 e. The average molecular weight is 328 g/mol. The Morgan fingerprint density at radius 2 is 1.94 bits per heavy atom. The van der Waals surface area contributed by atoms with Crippen molar-refractivity contribution in [3.63, 3.8) is 0 Å². The zero-order chi connectivity index (χ0) is 11.4. The van der Waals surface area contributed by atoms with Gasteiger partial charge in [0.05, 0.1) is 0 Å². The second-order valence-electron chi connectivity index (χ2n) is 2.92. The first-order valence-corrected chi connectivity index (χ1v) is 5.59. The highest BCUT2D eigenvalue weighted by atomic mass is 127. The quantitative estimate of drug-likeness (QED) is 0.513. The normalized spacial score (nSPS) is 9.88. The molecule has 0 saturated carbocycles. The summed E-state index contributed by atoms with van der Waals surface area (Å²) in [4.78, 5) is 7.92. The second kappa shape index (κ2) is 5.08. The molecule has 0 aliphatic carbocycles. The van der Waals surface area contributed by atoms with E-state index < -0.39 is 0 Å². The van der Waals surface area contributed by atoms with Crippen molar-refractivity contribution in [1.29, 1.82) is 0 Å². The number of hydrogen-bond donors (Lipinski definition) is 2. The molecule has 0 spiro atoms. The molecule has 2 rings (SSSR count). The number of nitrogen functional groups attached to an aromatic ring is 1. The molecule has 1 aromatic carbocycles. The van der Waals surface area contributed by atoms with E-state index in [0.29, 0.717) is 11.8 Å². The molecule has 3 N–H and O–H groups in total. The number of nitrogens with zero attached hydrogens (tertiary/aromatic N) is 2. The predicted octanol–water partition coefficient (Wildman–Crippen LogP) is 2.16.